The molecule has 0 aliphatic heterocycles. The number of hydrogen-bond acceptors (Lipinski definition) is 3. The largest absolute Gasteiger partial charge is 0.381 e. The highest BCUT2D eigenvalue weighted by molar-refractivity contribution is 5.82. The number of Topliss-reactive ketones (excluding diaryl/α,β-unsaturated/α-hetero) is 1. The molecule has 21 heavy (non-hydrogen) atoms. The van der Waals surface area contributed by atoms with Crippen LogP contribution < -0.4 is 5.32 Å². The molecule has 2 aliphatic rings. The van der Waals surface area contributed by atoms with Gasteiger partial charge in [0.15, 0.2) is 0 Å². The SMILES string of the molecule is CCC(C)(C)C(=O)NCC1C2CC(OC)C(C2)C1C(C)=O. The second-order valence-corrected chi connectivity index (χ2v) is 7.42. The number of carbonyl (C=O) groups is 2. The molecular weight excluding hydrogens is 266 g/mol. The molecule has 0 heterocycles. The van der Waals surface area contributed by atoms with Crippen molar-refractivity contribution >= 4 is 11.7 Å². The molecule has 2 rings (SSSR count). The third-order valence-corrected chi connectivity index (χ3v) is 5.88. The highest BCUT2D eigenvalue weighted by Crippen LogP contribution is 2.53. The fraction of sp³-hybridized carbons (Fsp3) is 0.882. The van der Waals surface area contributed by atoms with Crippen molar-refractivity contribution in [3.63, 3.8) is 0 Å². The first kappa shape index (κ1) is 16.5. The lowest BCUT2D eigenvalue weighted by Crippen LogP contribution is -2.45. The van der Waals surface area contributed by atoms with E-state index < -0.39 is 0 Å². The van der Waals surface area contributed by atoms with Crippen LogP contribution in [0.1, 0.15) is 47.0 Å². The van der Waals surface area contributed by atoms with Crippen molar-refractivity contribution in [3.05, 3.63) is 0 Å². The van der Waals surface area contributed by atoms with Gasteiger partial charge >= 0.3 is 0 Å². The summed E-state index contributed by atoms with van der Waals surface area (Å²) in [5, 5.41) is 3.09. The van der Waals surface area contributed by atoms with E-state index in [-0.39, 0.29) is 35.0 Å². The van der Waals surface area contributed by atoms with Gasteiger partial charge in [0.2, 0.25) is 5.91 Å². The second-order valence-electron chi connectivity index (χ2n) is 7.42. The highest BCUT2D eigenvalue weighted by atomic mass is 16.5. The molecule has 2 saturated carbocycles. The fourth-order valence-corrected chi connectivity index (χ4v) is 4.19. The lowest BCUT2D eigenvalue weighted by molar-refractivity contribution is -0.131. The van der Waals surface area contributed by atoms with Crippen molar-refractivity contribution in [2.45, 2.75) is 53.1 Å². The summed E-state index contributed by atoms with van der Waals surface area (Å²) < 4.78 is 5.53. The minimum absolute atomic E-state index is 0.0544. The molecule has 1 N–H and O–H groups in total. The average Bonchev–Trinajstić information content (AvgIpc) is 3.01. The molecule has 4 heteroatoms. The molecule has 5 atom stereocenters. The zero-order chi connectivity index (χ0) is 15.8. The van der Waals surface area contributed by atoms with Crippen LogP contribution in [0.15, 0.2) is 0 Å². The third kappa shape index (κ3) is 3.01. The zero-order valence-corrected chi connectivity index (χ0v) is 13.9. The van der Waals surface area contributed by atoms with Gasteiger partial charge in [-0.1, -0.05) is 20.8 Å². The first-order valence-corrected chi connectivity index (χ1v) is 8.13. The maximum Gasteiger partial charge on any atom is 0.225 e. The van der Waals surface area contributed by atoms with E-state index in [1.165, 1.54) is 0 Å². The van der Waals surface area contributed by atoms with E-state index >= 15 is 0 Å². The van der Waals surface area contributed by atoms with Crippen LogP contribution in [-0.2, 0) is 14.3 Å². The van der Waals surface area contributed by atoms with Crippen molar-refractivity contribution < 1.29 is 14.3 Å². The number of ether oxygens (including phenoxy) is 1. The Labute approximate surface area is 128 Å². The second kappa shape index (κ2) is 6.07. The van der Waals surface area contributed by atoms with Crippen LogP contribution >= 0.6 is 0 Å². The summed E-state index contributed by atoms with van der Waals surface area (Å²) in [7, 11) is 1.74. The van der Waals surface area contributed by atoms with E-state index in [4.69, 9.17) is 4.74 Å². The van der Waals surface area contributed by atoms with Gasteiger partial charge < -0.3 is 10.1 Å². The van der Waals surface area contributed by atoms with E-state index in [2.05, 4.69) is 5.32 Å². The van der Waals surface area contributed by atoms with E-state index in [0.29, 0.717) is 18.4 Å². The Balaban J connectivity index is 2.01. The Hall–Kier alpha value is -0.900. The molecular formula is C17H29NO3. The van der Waals surface area contributed by atoms with Crippen LogP contribution in [0.25, 0.3) is 0 Å². The van der Waals surface area contributed by atoms with Gasteiger partial charge in [-0.15, -0.1) is 0 Å². The van der Waals surface area contributed by atoms with E-state index in [1.807, 2.05) is 20.8 Å². The number of amides is 1. The number of hydrogen-bond donors (Lipinski definition) is 1. The minimum atomic E-state index is -0.335. The Bertz CT molecular complexity index is 418. The van der Waals surface area contributed by atoms with E-state index in [0.717, 1.165) is 19.3 Å². The van der Waals surface area contributed by atoms with Crippen molar-refractivity contribution in [3.8, 4) is 0 Å². The molecule has 0 radical (unpaired) electrons. The van der Waals surface area contributed by atoms with E-state index in [1.54, 1.807) is 14.0 Å². The molecule has 2 bridgehead atoms. The standard InChI is InChI=1S/C17H29NO3/c1-6-17(3,4)16(20)18-9-13-11-7-12(14(8-11)21-5)15(13)10(2)19/h11-15H,6-9H2,1-5H3,(H,18,20). The molecule has 5 unspecified atom stereocenters. The molecule has 0 aromatic rings. The number of rotatable bonds is 6. The highest BCUT2D eigenvalue weighted by Gasteiger charge is 2.54. The summed E-state index contributed by atoms with van der Waals surface area (Å²) >= 11 is 0. The molecule has 0 spiro atoms. The lowest BCUT2D eigenvalue weighted by Gasteiger charge is -2.34. The maximum atomic E-state index is 12.2. The Morgan fingerprint density at radius 3 is 2.48 bits per heavy atom. The van der Waals surface area contributed by atoms with Gasteiger partial charge in [0.1, 0.15) is 5.78 Å². The van der Waals surface area contributed by atoms with Gasteiger partial charge in [0.05, 0.1) is 6.10 Å². The normalized spacial score (nSPS) is 35.0. The topological polar surface area (TPSA) is 55.4 Å². The molecule has 4 nitrogen and oxygen atoms in total. The van der Waals surface area contributed by atoms with Crippen LogP contribution in [0, 0.1) is 29.1 Å². The fourth-order valence-electron chi connectivity index (χ4n) is 4.19. The molecule has 2 fully saturated rings. The molecule has 2 aliphatic carbocycles. The first-order chi connectivity index (χ1) is 9.81. The molecule has 0 aromatic carbocycles. The summed E-state index contributed by atoms with van der Waals surface area (Å²) in [5.74, 6) is 1.54. The van der Waals surface area contributed by atoms with Crippen LogP contribution in [-0.4, -0.2) is 31.4 Å². The molecule has 0 saturated heterocycles. The van der Waals surface area contributed by atoms with Crippen LogP contribution in [0.4, 0.5) is 0 Å². The third-order valence-electron chi connectivity index (χ3n) is 5.88. The van der Waals surface area contributed by atoms with Gasteiger partial charge in [-0.05, 0) is 43.9 Å². The Morgan fingerprint density at radius 1 is 1.29 bits per heavy atom. The van der Waals surface area contributed by atoms with Gasteiger partial charge in [0.25, 0.3) is 0 Å². The van der Waals surface area contributed by atoms with Crippen LogP contribution in [0.5, 0.6) is 0 Å². The molecule has 1 amide bonds. The predicted molar refractivity (Wildman–Crippen MR) is 81.8 cm³/mol. The number of carbonyl (C=O) groups excluding carboxylic acids is 2. The van der Waals surface area contributed by atoms with Crippen molar-refractivity contribution in [2.24, 2.45) is 29.1 Å². The maximum absolute atomic E-state index is 12.2. The summed E-state index contributed by atoms with van der Waals surface area (Å²) in [4.78, 5) is 24.3. The first-order valence-electron chi connectivity index (χ1n) is 8.13. The summed E-state index contributed by atoms with van der Waals surface area (Å²) in [6, 6.07) is 0. The van der Waals surface area contributed by atoms with Crippen LogP contribution in [0.2, 0.25) is 0 Å². The van der Waals surface area contributed by atoms with Gasteiger partial charge in [0, 0.05) is 25.0 Å². The predicted octanol–water partition coefficient (Wildman–Crippen LogP) is 2.42. The minimum Gasteiger partial charge on any atom is -0.381 e. The van der Waals surface area contributed by atoms with Gasteiger partial charge in [-0.2, -0.15) is 0 Å². The monoisotopic (exact) mass is 295 g/mol. The Kier molecular flexibility index (Phi) is 4.76. The molecule has 0 aromatic heterocycles. The molecule has 120 valence electrons. The number of fused-ring (bicyclic) bond motifs is 2. The van der Waals surface area contributed by atoms with Crippen molar-refractivity contribution in [2.75, 3.05) is 13.7 Å². The number of methoxy groups -OCH3 is 1. The summed E-state index contributed by atoms with van der Waals surface area (Å²) in [6.07, 6.45) is 3.14. The average molecular weight is 295 g/mol. The smallest absolute Gasteiger partial charge is 0.225 e. The number of ketones is 1. The number of nitrogens with one attached hydrogen (secondary N) is 1. The van der Waals surface area contributed by atoms with Crippen molar-refractivity contribution in [1.82, 2.24) is 5.32 Å². The zero-order valence-electron chi connectivity index (χ0n) is 13.9. The lowest BCUT2D eigenvalue weighted by atomic mass is 9.75. The van der Waals surface area contributed by atoms with Crippen molar-refractivity contribution in [1.29, 1.82) is 0 Å². The Morgan fingerprint density at radius 2 is 1.95 bits per heavy atom. The van der Waals surface area contributed by atoms with E-state index in [9.17, 15) is 9.59 Å². The quantitative estimate of drug-likeness (QED) is 0.818. The van der Waals surface area contributed by atoms with Gasteiger partial charge in [-0.25, -0.2) is 0 Å². The van der Waals surface area contributed by atoms with Gasteiger partial charge in [-0.3, -0.25) is 9.59 Å². The summed E-state index contributed by atoms with van der Waals surface area (Å²) in [6.45, 7) is 8.27. The summed E-state index contributed by atoms with van der Waals surface area (Å²) in [5.41, 5.74) is -0.335. The van der Waals surface area contributed by atoms with Crippen LogP contribution in [0.3, 0.4) is 0 Å².